The van der Waals surface area contributed by atoms with E-state index in [0.717, 1.165) is 22.2 Å². The van der Waals surface area contributed by atoms with Crippen molar-refractivity contribution < 1.29 is 5.11 Å². The Morgan fingerprint density at radius 3 is 2.62 bits per heavy atom. The van der Waals surface area contributed by atoms with Gasteiger partial charge in [0.1, 0.15) is 0 Å². The summed E-state index contributed by atoms with van der Waals surface area (Å²) in [7, 11) is 0. The van der Waals surface area contributed by atoms with Gasteiger partial charge in [0.15, 0.2) is 0 Å². The van der Waals surface area contributed by atoms with Crippen molar-refractivity contribution in [3.8, 4) is 0 Å². The van der Waals surface area contributed by atoms with E-state index in [1.54, 1.807) is 11.3 Å². The maximum atomic E-state index is 9.41. The van der Waals surface area contributed by atoms with Crippen molar-refractivity contribution in [3.05, 3.63) is 50.9 Å². The zero-order chi connectivity index (χ0) is 11.4. The predicted molar refractivity (Wildman–Crippen MR) is 69.8 cm³/mol. The minimum atomic E-state index is 0.134. The molecule has 1 unspecified atom stereocenters. The number of thiazole rings is 1. The largest absolute Gasteiger partial charge is 0.396 e. The van der Waals surface area contributed by atoms with E-state index in [0.29, 0.717) is 0 Å². The molecule has 1 N–H and O–H groups in total. The molecule has 0 amide bonds. The molecule has 0 radical (unpaired) electrons. The normalized spacial score (nSPS) is 12.6. The average Bonchev–Trinajstić information content (AvgIpc) is 2.80. The fourth-order valence-electron chi connectivity index (χ4n) is 1.61. The van der Waals surface area contributed by atoms with Crippen molar-refractivity contribution in [2.45, 2.75) is 12.3 Å². The molecule has 84 valence electrons. The molecule has 1 heterocycles. The second kappa shape index (κ2) is 5.57. The number of aliphatic hydroxyl groups is 1. The van der Waals surface area contributed by atoms with E-state index in [1.165, 1.54) is 0 Å². The van der Waals surface area contributed by atoms with Crippen molar-refractivity contribution in [3.63, 3.8) is 0 Å². The first-order valence-electron chi connectivity index (χ1n) is 5.03. The molecule has 0 aliphatic rings. The zero-order valence-electron chi connectivity index (χ0n) is 8.64. The van der Waals surface area contributed by atoms with Crippen LogP contribution in [0.4, 0.5) is 0 Å². The molecule has 0 saturated heterocycles. The second-order valence-electron chi connectivity index (χ2n) is 3.61. The highest BCUT2D eigenvalue weighted by Crippen LogP contribution is 2.22. The number of halogens is 1. The maximum Gasteiger partial charge on any atom is 0.0794 e. The molecule has 0 aliphatic carbocycles. The molecule has 1 atom stereocenters. The van der Waals surface area contributed by atoms with Crippen LogP contribution in [0.25, 0.3) is 0 Å². The van der Waals surface area contributed by atoms with Gasteiger partial charge in [0.25, 0.3) is 0 Å². The Hall–Kier alpha value is -0.710. The molecule has 2 rings (SSSR count). The topological polar surface area (TPSA) is 33.1 Å². The first kappa shape index (κ1) is 11.8. The summed E-state index contributed by atoms with van der Waals surface area (Å²) in [5.41, 5.74) is 4.02. The van der Waals surface area contributed by atoms with Gasteiger partial charge in [-0.2, -0.15) is 0 Å². The summed E-state index contributed by atoms with van der Waals surface area (Å²) in [5.74, 6) is 0.134. The lowest BCUT2D eigenvalue weighted by Crippen LogP contribution is -2.07. The Morgan fingerprint density at radius 2 is 2.06 bits per heavy atom. The molecular formula is C12H12BrNOS. The number of rotatable bonds is 4. The monoisotopic (exact) mass is 297 g/mol. The van der Waals surface area contributed by atoms with Gasteiger partial charge in [-0.1, -0.05) is 28.1 Å². The van der Waals surface area contributed by atoms with Crippen LogP contribution in [-0.2, 0) is 6.42 Å². The summed E-state index contributed by atoms with van der Waals surface area (Å²) in [6.45, 7) is 0.152. The van der Waals surface area contributed by atoms with E-state index in [-0.39, 0.29) is 12.5 Å². The molecule has 2 aromatic rings. The van der Waals surface area contributed by atoms with Crippen LogP contribution in [0.3, 0.4) is 0 Å². The van der Waals surface area contributed by atoms with Crippen LogP contribution < -0.4 is 0 Å². The van der Waals surface area contributed by atoms with Crippen LogP contribution in [-0.4, -0.2) is 16.7 Å². The summed E-state index contributed by atoms with van der Waals surface area (Å²) in [6.07, 6.45) is 0.793. The molecule has 1 aromatic carbocycles. The minimum absolute atomic E-state index is 0.134. The number of hydrogen-bond acceptors (Lipinski definition) is 3. The molecule has 0 spiro atoms. The van der Waals surface area contributed by atoms with Gasteiger partial charge < -0.3 is 5.11 Å². The molecule has 0 aliphatic heterocycles. The summed E-state index contributed by atoms with van der Waals surface area (Å²) < 4.78 is 1.06. The van der Waals surface area contributed by atoms with E-state index >= 15 is 0 Å². The average molecular weight is 298 g/mol. The van der Waals surface area contributed by atoms with Crippen LogP contribution in [0.5, 0.6) is 0 Å². The zero-order valence-corrected chi connectivity index (χ0v) is 11.0. The van der Waals surface area contributed by atoms with Crippen LogP contribution >= 0.6 is 27.3 Å². The van der Waals surface area contributed by atoms with Crippen LogP contribution in [0.15, 0.2) is 39.6 Å². The molecule has 16 heavy (non-hydrogen) atoms. The van der Waals surface area contributed by atoms with Gasteiger partial charge in [-0.25, -0.2) is 4.98 Å². The summed E-state index contributed by atoms with van der Waals surface area (Å²) in [5, 5.41) is 11.4. The number of benzene rings is 1. The summed E-state index contributed by atoms with van der Waals surface area (Å²) in [4.78, 5) is 4.25. The number of aromatic nitrogens is 1. The lowest BCUT2D eigenvalue weighted by Gasteiger charge is -2.13. The van der Waals surface area contributed by atoms with Crippen LogP contribution in [0, 0.1) is 0 Å². The Morgan fingerprint density at radius 1 is 1.31 bits per heavy atom. The Balaban J connectivity index is 2.13. The van der Waals surface area contributed by atoms with E-state index < -0.39 is 0 Å². The molecule has 2 nitrogen and oxygen atoms in total. The third-order valence-corrected chi connectivity index (χ3v) is 3.66. The number of nitrogens with zero attached hydrogens (tertiary/aromatic N) is 1. The quantitative estimate of drug-likeness (QED) is 0.940. The summed E-state index contributed by atoms with van der Waals surface area (Å²) >= 11 is 4.99. The third-order valence-electron chi connectivity index (χ3n) is 2.50. The van der Waals surface area contributed by atoms with Gasteiger partial charge in [-0.15, -0.1) is 11.3 Å². The van der Waals surface area contributed by atoms with E-state index in [1.807, 2.05) is 35.2 Å². The third kappa shape index (κ3) is 2.90. The number of hydrogen-bond donors (Lipinski definition) is 1. The molecule has 0 bridgehead atoms. The fraction of sp³-hybridized carbons (Fsp3) is 0.250. The maximum absolute atomic E-state index is 9.41. The van der Waals surface area contributed by atoms with Gasteiger partial charge in [0.2, 0.25) is 0 Å². The second-order valence-corrected chi connectivity index (χ2v) is 5.25. The van der Waals surface area contributed by atoms with Crippen LogP contribution in [0.2, 0.25) is 0 Å². The first-order valence-corrected chi connectivity index (χ1v) is 6.76. The highest BCUT2D eigenvalue weighted by Gasteiger charge is 2.12. The van der Waals surface area contributed by atoms with E-state index in [4.69, 9.17) is 0 Å². The minimum Gasteiger partial charge on any atom is -0.396 e. The van der Waals surface area contributed by atoms with Gasteiger partial charge >= 0.3 is 0 Å². The van der Waals surface area contributed by atoms with Gasteiger partial charge in [0.05, 0.1) is 17.8 Å². The lowest BCUT2D eigenvalue weighted by molar-refractivity contribution is 0.264. The molecule has 0 fully saturated rings. The fourth-order valence-corrected chi connectivity index (χ4v) is 2.45. The standard InChI is InChI=1S/C12H12BrNOS/c13-11-3-1-9(2-4-11)10(6-15)5-12-7-16-8-14-12/h1-4,7-8,10,15H,5-6H2. The molecule has 4 heteroatoms. The van der Waals surface area contributed by atoms with Crippen molar-refractivity contribution in [1.29, 1.82) is 0 Å². The van der Waals surface area contributed by atoms with Crippen molar-refractivity contribution >= 4 is 27.3 Å². The van der Waals surface area contributed by atoms with Crippen molar-refractivity contribution in [2.24, 2.45) is 0 Å². The highest BCUT2D eigenvalue weighted by molar-refractivity contribution is 9.10. The first-order chi connectivity index (χ1) is 7.79. The van der Waals surface area contributed by atoms with Crippen molar-refractivity contribution in [2.75, 3.05) is 6.61 Å². The Kier molecular flexibility index (Phi) is 4.09. The lowest BCUT2D eigenvalue weighted by atomic mass is 9.95. The smallest absolute Gasteiger partial charge is 0.0794 e. The summed E-state index contributed by atoms with van der Waals surface area (Å²) in [6, 6.07) is 8.08. The molecule has 1 aromatic heterocycles. The van der Waals surface area contributed by atoms with Crippen molar-refractivity contribution in [1.82, 2.24) is 4.98 Å². The van der Waals surface area contributed by atoms with Gasteiger partial charge in [-0.05, 0) is 24.1 Å². The van der Waals surface area contributed by atoms with E-state index in [9.17, 15) is 5.11 Å². The van der Waals surface area contributed by atoms with E-state index in [2.05, 4.69) is 20.9 Å². The van der Waals surface area contributed by atoms with Crippen LogP contribution in [0.1, 0.15) is 17.2 Å². The Bertz CT molecular complexity index is 427. The number of aliphatic hydroxyl groups excluding tert-OH is 1. The SMILES string of the molecule is OCC(Cc1cscn1)c1ccc(Br)cc1. The molecule has 0 saturated carbocycles. The van der Waals surface area contributed by atoms with Gasteiger partial charge in [0, 0.05) is 15.8 Å². The van der Waals surface area contributed by atoms with Gasteiger partial charge in [-0.3, -0.25) is 0 Å². The molecular weight excluding hydrogens is 286 g/mol. The highest BCUT2D eigenvalue weighted by atomic mass is 79.9. The Labute approximate surface area is 107 Å². The predicted octanol–water partition coefficient (Wildman–Crippen LogP) is 3.22.